The highest BCUT2D eigenvalue weighted by Gasteiger charge is 2.16. The van der Waals surface area contributed by atoms with Crippen LogP contribution in [-0.4, -0.2) is 16.1 Å². The van der Waals surface area contributed by atoms with Crippen molar-refractivity contribution in [1.82, 2.24) is 9.55 Å². The van der Waals surface area contributed by atoms with Crippen LogP contribution in [0.5, 0.6) is 0 Å². The molecule has 2 aromatic rings. The Morgan fingerprint density at radius 2 is 2.06 bits per heavy atom. The zero-order chi connectivity index (χ0) is 13.3. The standard InChI is InChI=1S/C13H15F2N3/c1-8-17-13(12(5-6-16)18(8)2)10-4-3-9(14)7-11(10)15/h3-4,7H,5-6,16H2,1-2H3. The number of hydrogen-bond acceptors (Lipinski definition) is 2. The number of nitrogens with two attached hydrogens (primary N) is 1. The normalized spacial score (nSPS) is 10.9. The van der Waals surface area contributed by atoms with E-state index in [1.165, 1.54) is 12.1 Å². The molecule has 1 heterocycles. The molecule has 18 heavy (non-hydrogen) atoms. The van der Waals surface area contributed by atoms with Crippen molar-refractivity contribution in [3.8, 4) is 11.3 Å². The molecule has 0 aliphatic rings. The summed E-state index contributed by atoms with van der Waals surface area (Å²) in [4.78, 5) is 4.33. The fraction of sp³-hybridized carbons (Fsp3) is 0.308. The Bertz CT molecular complexity index is 576. The quantitative estimate of drug-likeness (QED) is 0.908. The van der Waals surface area contributed by atoms with Crippen LogP contribution >= 0.6 is 0 Å². The van der Waals surface area contributed by atoms with Gasteiger partial charge in [-0.15, -0.1) is 0 Å². The molecule has 0 saturated heterocycles. The molecule has 1 aromatic heterocycles. The van der Waals surface area contributed by atoms with Crippen molar-refractivity contribution in [2.24, 2.45) is 12.8 Å². The minimum atomic E-state index is -0.605. The first-order valence-electron chi connectivity index (χ1n) is 5.72. The van der Waals surface area contributed by atoms with Crippen molar-refractivity contribution in [1.29, 1.82) is 0 Å². The Hall–Kier alpha value is -1.75. The third-order valence-corrected chi connectivity index (χ3v) is 3.00. The van der Waals surface area contributed by atoms with Crippen LogP contribution in [0.4, 0.5) is 8.78 Å². The van der Waals surface area contributed by atoms with Gasteiger partial charge in [0, 0.05) is 30.8 Å². The number of halogens is 2. The number of benzene rings is 1. The van der Waals surface area contributed by atoms with Crippen molar-refractivity contribution < 1.29 is 8.78 Å². The van der Waals surface area contributed by atoms with Gasteiger partial charge in [-0.2, -0.15) is 0 Å². The number of aromatic nitrogens is 2. The number of hydrogen-bond donors (Lipinski definition) is 1. The summed E-state index contributed by atoms with van der Waals surface area (Å²) >= 11 is 0. The highest BCUT2D eigenvalue weighted by atomic mass is 19.1. The Morgan fingerprint density at radius 3 is 2.67 bits per heavy atom. The molecular weight excluding hydrogens is 236 g/mol. The van der Waals surface area contributed by atoms with Crippen LogP contribution in [0.25, 0.3) is 11.3 Å². The molecule has 0 spiro atoms. The van der Waals surface area contributed by atoms with Crippen LogP contribution in [0.1, 0.15) is 11.5 Å². The second kappa shape index (κ2) is 4.86. The second-order valence-electron chi connectivity index (χ2n) is 4.18. The van der Waals surface area contributed by atoms with Gasteiger partial charge in [-0.05, 0) is 25.6 Å². The molecule has 0 saturated carbocycles. The van der Waals surface area contributed by atoms with Gasteiger partial charge >= 0.3 is 0 Å². The number of rotatable bonds is 3. The topological polar surface area (TPSA) is 43.8 Å². The van der Waals surface area contributed by atoms with E-state index in [0.29, 0.717) is 24.2 Å². The van der Waals surface area contributed by atoms with E-state index in [0.717, 1.165) is 17.6 Å². The predicted octanol–water partition coefficient (Wildman–Crippen LogP) is 2.17. The molecular formula is C13H15F2N3. The average Bonchev–Trinajstić information content (AvgIpc) is 2.58. The van der Waals surface area contributed by atoms with Crippen LogP contribution in [0, 0.1) is 18.6 Å². The van der Waals surface area contributed by atoms with Crippen molar-refractivity contribution in [3.05, 3.63) is 41.4 Å². The zero-order valence-electron chi connectivity index (χ0n) is 10.4. The molecule has 0 atom stereocenters. The molecule has 96 valence electrons. The monoisotopic (exact) mass is 251 g/mol. The smallest absolute Gasteiger partial charge is 0.135 e. The molecule has 0 amide bonds. The maximum atomic E-state index is 13.8. The number of nitrogens with zero attached hydrogens (tertiary/aromatic N) is 2. The van der Waals surface area contributed by atoms with Gasteiger partial charge in [0.1, 0.15) is 17.5 Å². The molecule has 5 heteroatoms. The third-order valence-electron chi connectivity index (χ3n) is 3.00. The van der Waals surface area contributed by atoms with Crippen molar-refractivity contribution in [2.45, 2.75) is 13.3 Å². The van der Waals surface area contributed by atoms with Crippen LogP contribution in [0.15, 0.2) is 18.2 Å². The lowest BCUT2D eigenvalue weighted by molar-refractivity contribution is 0.585. The first kappa shape index (κ1) is 12.7. The van der Waals surface area contributed by atoms with E-state index in [9.17, 15) is 8.78 Å². The molecule has 0 unspecified atom stereocenters. The lowest BCUT2D eigenvalue weighted by Gasteiger charge is -2.06. The molecule has 2 N–H and O–H groups in total. The summed E-state index contributed by atoms with van der Waals surface area (Å²) in [6, 6.07) is 3.51. The van der Waals surface area contributed by atoms with E-state index in [2.05, 4.69) is 4.98 Å². The predicted molar refractivity (Wildman–Crippen MR) is 66.1 cm³/mol. The van der Waals surface area contributed by atoms with Gasteiger partial charge in [-0.3, -0.25) is 0 Å². The van der Waals surface area contributed by atoms with Crippen molar-refractivity contribution in [2.75, 3.05) is 6.54 Å². The Morgan fingerprint density at radius 1 is 1.33 bits per heavy atom. The van der Waals surface area contributed by atoms with Gasteiger partial charge < -0.3 is 10.3 Å². The van der Waals surface area contributed by atoms with Gasteiger partial charge in [-0.1, -0.05) is 0 Å². The first-order valence-corrected chi connectivity index (χ1v) is 5.72. The average molecular weight is 251 g/mol. The van der Waals surface area contributed by atoms with E-state index in [-0.39, 0.29) is 0 Å². The van der Waals surface area contributed by atoms with Gasteiger partial charge in [0.2, 0.25) is 0 Å². The van der Waals surface area contributed by atoms with Crippen molar-refractivity contribution in [3.63, 3.8) is 0 Å². The minimum absolute atomic E-state index is 0.309. The van der Waals surface area contributed by atoms with Crippen LogP contribution in [-0.2, 0) is 13.5 Å². The molecule has 0 bridgehead atoms. The van der Waals surface area contributed by atoms with E-state index < -0.39 is 11.6 Å². The Balaban J connectivity index is 2.59. The second-order valence-corrected chi connectivity index (χ2v) is 4.18. The van der Waals surface area contributed by atoms with Gasteiger partial charge in [-0.25, -0.2) is 13.8 Å². The van der Waals surface area contributed by atoms with Gasteiger partial charge in [0.25, 0.3) is 0 Å². The van der Waals surface area contributed by atoms with Gasteiger partial charge in [0.05, 0.1) is 5.69 Å². The van der Waals surface area contributed by atoms with E-state index in [1.54, 1.807) is 0 Å². The fourth-order valence-corrected chi connectivity index (χ4v) is 1.98. The maximum absolute atomic E-state index is 13.8. The highest BCUT2D eigenvalue weighted by molar-refractivity contribution is 5.63. The van der Waals surface area contributed by atoms with Crippen LogP contribution in [0.3, 0.4) is 0 Å². The zero-order valence-corrected chi connectivity index (χ0v) is 10.4. The molecule has 3 nitrogen and oxygen atoms in total. The lowest BCUT2D eigenvalue weighted by atomic mass is 10.1. The largest absolute Gasteiger partial charge is 0.335 e. The molecule has 1 aromatic carbocycles. The highest BCUT2D eigenvalue weighted by Crippen LogP contribution is 2.26. The molecule has 0 aliphatic carbocycles. The molecule has 0 aliphatic heterocycles. The Labute approximate surface area is 104 Å². The summed E-state index contributed by atoms with van der Waals surface area (Å²) in [5, 5.41) is 0. The molecule has 2 rings (SSSR count). The minimum Gasteiger partial charge on any atom is -0.335 e. The summed E-state index contributed by atoms with van der Waals surface area (Å²) < 4.78 is 28.6. The lowest BCUT2D eigenvalue weighted by Crippen LogP contribution is -2.08. The number of aryl methyl sites for hydroxylation is 1. The Kier molecular flexibility index (Phi) is 3.43. The SMILES string of the molecule is Cc1nc(-c2ccc(F)cc2F)c(CCN)n1C. The van der Waals surface area contributed by atoms with Crippen LogP contribution < -0.4 is 5.73 Å². The summed E-state index contributed by atoms with van der Waals surface area (Å²) in [6.45, 7) is 2.29. The summed E-state index contributed by atoms with van der Waals surface area (Å²) in [5.74, 6) is -0.423. The van der Waals surface area contributed by atoms with Crippen molar-refractivity contribution >= 4 is 0 Å². The van der Waals surface area contributed by atoms with E-state index >= 15 is 0 Å². The summed E-state index contributed by atoms with van der Waals surface area (Å²) in [6.07, 6.45) is 0.601. The first-order chi connectivity index (χ1) is 8.54. The molecule has 0 fully saturated rings. The van der Waals surface area contributed by atoms with Gasteiger partial charge in [0.15, 0.2) is 0 Å². The van der Waals surface area contributed by atoms with E-state index in [1.807, 2.05) is 18.5 Å². The number of imidazole rings is 1. The third kappa shape index (κ3) is 2.13. The summed E-state index contributed by atoms with van der Waals surface area (Å²) in [5.41, 5.74) is 7.26. The van der Waals surface area contributed by atoms with E-state index in [4.69, 9.17) is 5.73 Å². The maximum Gasteiger partial charge on any atom is 0.135 e. The molecule has 0 radical (unpaired) electrons. The van der Waals surface area contributed by atoms with Crippen LogP contribution in [0.2, 0.25) is 0 Å². The fourth-order valence-electron chi connectivity index (χ4n) is 1.98. The summed E-state index contributed by atoms with van der Waals surface area (Å²) in [7, 11) is 1.86.